The third kappa shape index (κ3) is 3.11. The largest absolute Gasteiger partial charge is 0.314 e. The summed E-state index contributed by atoms with van der Waals surface area (Å²) >= 11 is 1.82. The van der Waals surface area contributed by atoms with E-state index in [1.54, 1.807) is 0 Å². The monoisotopic (exact) mass is 267 g/mol. The smallest absolute Gasteiger partial charge is 0.113 e. The van der Waals surface area contributed by atoms with Crippen LogP contribution in [0.3, 0.4) is 0 Å². The van der Waals surface area contributed by atoms with Gasteiger partial charge >= 0.3 is 0 Å². The Bertz CT molecular complexity index is 378. The fraction of sp³-hybridized carbons (Fsp3) is 0.786. The molecule has 0 aliphatic carbocycles. The van der Waals surface area contributed by atoms with Crippen LogP contribution in [0.1, 0.15) is 38.4 Å². The normalized spacial score (nSPS) is 18.5. The van der Waals surface area contributed by atoms with E-state index >= 15 is 0 Å². The summed E-state index contributed by atoms with van der Waals surface area (Å²) in [5, 5.41) is 6.91. The maximum Gasteiger partial charge on any atom is 0.113 e. The minimum atomic E-state index is 0.0714. The van der Waals surface area contributed by atoms with Crippen LogP contribution in [0.25, 0.3) is 0 Å². The van der Waals surface area contributed by atoms with Crippen molar-refractivity contribution in [2.24, 2.45) is 5.92 Å². The van der Waals surface area contributed by atoms with E-state index in [-0.39, 0.29) is 5.54 Å². The number of piperazine rings is 1. The Morgan fingerprint density at radius 2 is 2.06 bits per heavy atom. The molecule has 1 aliphatic rings. The number of nitrogens with zero attached hydrogens (tertiary/aromatic N) is 2. The maximum atomic E-state index is 4.85. The highest BCUT2D eigenvalue weighted by Crippen LogP contribution is 2.31. The first-order chi connectivity index (χ1) is 8.50. The van der Waals surface area contributed by atoms with Crippen LogP contribution in [0, 0.1) is 5.92 Å². The number of hydrogen-bond acceptors (Lipinski definition) is 4. The predicted molar refractivity (Wildman–Crippen MR) is 78.1 cm³/mol. The molecule has 0 saturated carbocycles. The average Bonchev–Trinajstić information content (AvgIpc) is 2.78. The Hall–Kier alpha value is -0.450. The summed E-state index contributed by atoms with van der Waals surface area (Å²) in [4.78, 5) is 7.40. The van der Waals surface area contributed by atoms with Gasteiger partial charge in [0.15, 0.2) is 0 Å². The van der Waals surface area contributed by atoms with Crippen molar-refractivity contribution >= 4 is 11.3 Å². The molecule has 0 spiro atoms. The van der Waals surface area contributed by atoms with E-state index in [0.717, 1.165) is 32.6 Å². The summed E-state index contributed by atoms with van der Waals surface area (Å²) in [6.07, 6.45) is 1.09. The second kappa shape index (κ2) is 5.68. The number of aromatic nitrogens is 1. The van der Waals surface area contributed by atoms with E-state index in [0.29, 0.717) is 5.92 Å². The van der Waals surface area contributed by atoms with E-state index in [2.05, 4.69) is 43.3 Å². The van der Waals surface area contributed by atoms with Gasteiger partial charge < -0.3 is 5.32 Å². The SMILES string of the molecule is CC(C)Cc1csc(C(C)(C)N2CCNCC2)n1. The van der Waals surface area contributed by atoms with E-state index < -0.39 is 0 Å². The van der Waals surface area contributed by atoms with Gasteiger partial charge in [-0.3, -0.25) is 4.90 Å². The van der Waals surface area contributed by atoms with Crippen molar-refractivity contribution in [3.63, 3.8) is 0 Å². The summed E-state index contributed by atoms with van der Waals surface area (Å²) in [5.74, 6) is 0.683. The highest BCUT2D eigenvalue weighted by Gasteiger charge is 2.32. The van der Waals surface area contributed by atoms with Crippen molar-refractivity contribution in [3.05, 3.63) is 16.1 Å². The molecule has 0 radical (unpaired) electrons. The van der Waals surface area contributed by atoms with E-state index in [1.807, 2.05) is 11.3 Å². The molecule has 0 unspecified atom stereocenters. The summed E-state index contributed by atoms with van der Waals surface area (Å²) in [7, 11) is 0. The van der Waals surface area contributed by atoms with Crippen LogP contribution in [-0.2, 0) is 12.0 Å². The van der Waals surface area contributed by atoms with Crippen LogP contribution in [0.15, 0.2) is 5.38 Å². The van der Waals surface area contributed by atoms with Gasteiger partial charge in [-0.1, -0.05) is 13.8 Å². The number of nitrogens with one attached hydrogen (secondary N) is 1. The molecule has 0 atom stereocenters. The quantitative estimate of drug-likeness (QED) is 0.908. The summed E-state index contributed by atoms with van der Waals surface area (Å²) in [5.41, 5.74) is 1.33. The fourth-order valence-electron chi connectivity index (χ4n) is 2.46. The molecule has 1 saturated heterocycles. The maximum absolute atomic E-state index is 4.85. The number of rotatable bonds is 4. The van der Waals surface area contributed by atoms with Gasteiger partial charge in [0.25, 0.3) is 0 Å². The van der Waals surface area contributed by atoms with E-state index in [9.17, 15) is 0 Å². The van der Waals surface area contributed by atoms with E-state index in [1.165, 1.54) is 10.7 Å². The lowest BCUT2D eigenvalue weighted by Gasteiger charge is -2.39. The summed E-state index contributed by atoms with van der Waals surface area (Å²) in [6.45, 7) is 13.5. The van der Waals surface area contributed by atoms with Crippen LogP contribution >= 0.6 is 11.3 Å². The van der Waals surface area contributed by atoms with Gasteiger partial charge in [0.1, 0.15) is 5.01 Å². The zero-order valence-corrected chi connectivity index (χ0v) is 12.8. The van der Waals surface area contributed by atoms with Crippen LogP contribution in [0.5, 0.6) is 0 Å². The molecule has 2 rings (SSSR count). The first kappa shape index (κ1) is 14.0. The highest BCUT2D eigenvalue weighted by atomic mass is 32.1. The lowest BCUT2D eigenvalue weighted by molar-refractivity contribution is 0.102. The topological polar surface area (TPSA) is 28.2 Å². The lowest BCUT2D eigenvalue weighted by atomic mass is 10.0. The molecule has 0 amide bonds. The van der Waals surface area contributed by atoms with Crippen LogP contribution < -0.4 is 5.32 Å². The predicted octanol–water partition coefficient (Wildman–Crippen LogP) is 2.48. The van der Waals surface area contributed by atoms with Crippen molar-refractivity contribution < 1.29 is 0 Å². The Labute approximate surface area is 115 Å². The van der Waals surface area contributed by atoms with Crippen molar-refractivity contribution in [1.82, 2.24) is 15.2 Å². The molecule has 4 heteroatoms. The van der Waals surface area contributed by atoms with Crippen molar-refractivity contribution in [1.29, 1.82) is 0 Å². The lowest BCUT2D eigenvalue weighted by Crippen LogP contribution is -2.51. The van der Waals surface area contributed by atoms with Gasteiger partial charge in [-0.05, 0) is 26.2 Å². The molecule has 0 aromatic carbocycles. The molecule has 1 N–H and O–H groups in total. The molecular weight excluding hydrogens is 242 g/mol. The van der Waals surface area contributed by atoms with Crippen LogP contribution in [0.2, 0.25) is 0 Å². The Morgan fingerprint density at radius 3 is 2.67 bits per heavy atom. The first-order valence-electron chi connectivity index (χ1n) is 6.91. The molecule has 0 bridgehead atoms. The van der Waals surface area contributed by atoms with Crippen LogP contribution in [0.4, 0.5) is 0 Å². The summed E-state index contributed by atoms with van der Waals surface area (Å²) in [6, 6.07) is 0. The molecular formula is C14H25N3S. The van der Waals surface area contributed by atoms with Gasteiger partial charge in [0, 0.05) is 31.6 Å². The second-order valence-corrected chi connectivity index (χ2v) is 6.90. The van der Waals surface area contributed by atoms with Gasteiger partial charge in [0.2, 0.25) is 0 Å². The minimum Gasteiger partial charge on any atom is -0.314 e. The van der Waals surface area contributed by atoms with E-state index in [4.69, 9.17) is 4.98 Å². The van der Waals surface area contributed by atoms with Gasteiger partial charge in [-0.25, -0.2) is 4.98 Å². The number of thiazole rings is 1. The standard InChI is InChI=1S/C14H25N3S/c1-11(2)9-12-10-18-13(16-12)14(3,4)17-7-5-15-6-8-17/h10-11,15H,5-9H2,1-4H3. The fourth-order valence-corrected chi connectivity index (χ4v) is 3.44. The van der Waals surface area contributed by atoms with Crippen LogP contribution in [-0.4, -0.2) is 36.1 Å². The highest BCUT2D eigenvalue weighted by molar-refractivity contribution is 7.09. The minimum absolute atomic E-state index is 0.0714. The molecule has 18 heavy (non-hydrogen) atoms. The molecule has 2 heterocycles. The van der Waals surface area contributed by atoms with Crippen molar-refractivity contribution in [2.75, 3.05) is 26.2 Å². The third-order valence-electron chi connectivity index (χ3n) is 3.60. The molecule has 1 aromatic rings. The molecule has 102 valence electrons. The molecule has 3 nitrogen and oxygen atoms in total. The molecule has 1 aromatic heterocycles. The third-order valence-corrected chi connectivity index (χ3v) is 4.80. The first-order valence-corrected chi connectivity index (χ1v) is 7.79. The molecule has 1 aliphatic heterocycles. The average molecular weight is 267 g/mol. The summed E-state index contributed by atoms with van der Waals surface area (Å²) < 4.78 is 0. The van der Waals surface area contributed by atoms with Gasteiger partial charge in [-0.2, -0.15) is 0 Å². The Kier molecular flexibility index (Phi) is 4.41. The zero-order valence-electron chi connectivity index (χ0n) is 12.0. The van der Waals surface area contributed by atoms with Crippen molar-refractivity contribution in [3.8, 4) is 0 Å². The van der Waals surface area contributed by atoms with Crippen molar-refractivity contribution in [2.45, 2.75) is 39.7 Å². The molecule has 1 fully saturated rings. The Morgan fingerprint density at radius 1 is 1.39 bits per heavy atom. The second-order valence-electron chi connectivity index (χ2n) is 6.04. The van der Waals surface area contributed by atoms with Gasteiger partial charge in [-0.15, -0.1) is 11.3 Å². The van der Waals surface area contributed by atoms with Gasteiger partial charge in [0.05, 0.1) is 11.2 Å². The number of hydrogen-bond donors (Lipinski definition) is 1. The Balaban J connectivity index is 2.10. The zero-order chi connectivity index (χ0) is 13.2.